The van der Waals surface area contributed by atoms with E-state index in [-0.39, 0.29) is 6.61 Å². The molecule has 0 spiro atoms. The van der Waals surface area contributed by atoms with Gasteiger partial charge in [-0.15, -0.1) is 0 Å². The highest BCUT2D eigenvalue weighted by molar-refractivity contribution is 7.99. The van der Waals surface area contributed by atoms with Gasteiger partial charge in [-0.25, -0.2) is 0 Å². The molecule has 1 N–H and O–H groups in total. The molecule has 0 amide bonds. The third-order valence-electron chi connectivity index (χ3n) is 2.91. The quantitative estimate of drug-likeness (QED) is 0.721. The summed E-state index contributed by atoms with van der Waals surface area (Å²) in [5, 5.41) is 9.19. The lowest BCUT2D eigenvalue weighted by Crippen LogP contribution is -2.27. The molecule has 1 aromatic rings. The van der Waals surface area contributed by atoms with Crippen molar-refractivity contribution < 1.29 is 5.11 Å². The van der Waals surface area contributed by atoms with Crippen molar-refractivity contribution in [3.05, 3.63) is 35.9 Å². The molecule has 17 heavy (non-hydrogen) atoms. The van der Waals surface area contributed by atoms with Crippen LogP contribution in [0.25, 0.3) is 0 Å². The first kappa shape index (κ1) is 14.6. The van der Waals surface area contributed by atoms with Crippen LogP contribution in [-0.4, -0.2) is 41.7 Å². The molecule has 0 saturated carbocycles. The number of nitrogens with zero attached hydrogens (tertiary/aromatic N) is 1. The summed E-state index contributed by atoms with van der Waals surface area (Å²) in [5.74, 6) is 2.33. The van der Waals surface area contributed by atoms with Gasteiger partial charge in [0, 0.05) is 24.9 Å². The van der Waals surface area contributed by atoms with Crippen molar-refractivity contribution >= 4 is 11.8 Å². The predicted molar refractivity (Wildman–Crippen MR) is 76.5 cm³/mol. The fourth-order valence-corrected chi connectivity index (χ4v) is 2.65. The van der Waals surface area contributed by atoms with Gasteiger partial charge in [0.2, 0.25) is 0 Å². The Labute approximate surface area is 109 Å². The molecule has 0 saturated heterocycles. The monoisotopic (exact) mass is 253 g/mol. The van der Waals surface area contributed by atoms with E-state index < -0.39 is 0 Å². The van der Waals surface area contributed by atoms with E-state index >= 15 is 0 Å². The molecule has 0 radical (unpaired) electrons. The summed E-state index contributed by atoms with van der Waals surface area (Å²) in [7, 11) is 2.14. The Kier molecular flexibility index (Phi) is 7.33. The Morgan fingerprint density at radius 2 is 2.00 bits per heavy atom. The van der Waals surface area contributed by atoms with Gasteiger partial charge < -0.3 is 5.11 Å². The zero-order valence-corrected chi connectivity index (χ0v) is 11.6. The second-order valence-electron chi connectivity index (χ2n) is 4.12. The Bertz CT molecular complexity index is 292. The van der Waals surface area contributed by atoms with Crippen LogP contribution in [0.15, 0.2) is 30.3 Å². The number of aliphatic hydroxyl groups excluding tert-OH is 1. The van der Waals surface area contributed by atoms with Crippen LogP contribution >= 0.6 is 11.8 Å². The minimum Gasteiger partial charge on any atom is -0.396 e. The van der Waals surface area contributed by atoms with Crippen molar-refractivity contribution in [3.63, 3.8) is 0 Å². The molecule has 2 nitrogen and oxygen atoms in total. The number of benzene rings is 1. The van der Waals surface area contributed by atoms with Gasteiger partial charge in [-0.3, -0.25) is 4.90 Å². The minimum atomic E-state index is 0.241. The molecule has 1 atom stereocenters. The fourth-order valence-electron chi connectivity index (χ4n) is 1.95. The molecule has 0 aliphatic heterocycles. The molecule has 96 valence electrons. The number of aliphatic hydroxyl groups is 1. The highest BCUT2D eigenvalue weighted by Gasteiger charge is 2.15. The third kappa shape index (κ3) is 5.11. The molecule has 0 aliphatic rings. The second-order valence-corrected chi connectivity index (χ2v) is 5.51. The van der Waals surface area contributed by atoms with Crippen LogP contribution < -0.4 is 0 Å². The Balaban J connectivity index is 2.58. The fraction of sp³-hybridized carbons (Fsp3) is 0.571. The van der Waals surface area contributed by atoms with Crippen molar-refractivity contribution in [2.45, 2.75) is 19.4 Å². The number of thioether (sulfide) groups is 1. The van der Waals surface area contributed by atoms with E-state index in [9.17, 15) is 5.11 Å². The lowest BCUT2D eigenvalue weighted by Gasteiger charge is -2.28. The lowest BCUT2D eigenvalue weighted by molar-refractivity contribution is 0.193. The van der Waals surface area contributed by atoms with Crippen LogP contribution in [-0.2, 0) is 0 Å². The van der Waals surface area contributed by atoms with Gasteiger partial charge in [-0.1, -0.05) is 37.3 Å². The summed E-state index contributed by atoms with van der Waals surface area (Å²) in [6, 6.07) is 10.8. The summed E-state index contributed by atoms with van der Waals surface area (Å²) < 4.78 is 0. The first-order valence-electron chi connectivity index (χ1n) is 6.23. The minimum absolute atomic E-state index is 0.241. The third-order valence-corrected chi connectivity index (χ3v) is 3.79. The molecular weight excluding hydrogens is 230 g/mol. The van der Waals surface area contributed by atoms with Crippen molar-refractivity contribution in [2.24, 2.45) is 0 Å². The molecule has 0 heterocycles. The van der Waals surface area contributed by atoms with Crippen LogP contribution in [0.1, 0.15) is 24.9 Å². The van der Waals surface area contributed by atoms with E-state index in [2.05, 4.69) is 43.1 Å². The maximum atomic E-state index is 9.19. The van der Waals surface area contributed by atoms with Crippen LogP contribution in [0.3, 0.4) is 0 Å². The Morgan fingerprint density at radius 3 is 2.59 bits per heavy atom. The van der Waals surface area contributed by atoms with E-state index in [0.29, 0.717) is 6.04 Å². The lowest BCUT2D eigenvalue weighted by atomic mass is 10.0. The van der Waals surface area contributed by atoms with Crippen LogP contribution in [0.4, 0.5) is 0 Å². The van der Waals surface area contributed by atoms with E-state index in [0.717, 1.165) is 18.7 Å². The largest absolute Gasteiger partial charge is 0.396 e. The summed E-state index contributed by atoms with van der Waals surface area (Å²) in [6.07, 6.45) is 0.803. The first-order chi connectivity index (χ1) is 8.29. The highest BCUT2D eigenvalue weighted by atomic mass is 32.2. The molecule has 0 bridgehead atoms. The second kappa shape index (κ2) is 8.56. The van der Waals surface area contributed by atoms with Gasteiger partial charge in [-0.05, 0) is 24.8 Å². The molecule has 0 aromatic heterocycles. The van der Waals surface area contributed by atoms with Crippen LogP contribution in [0.5, 0.6) is 0 Å². The molecular formula is C14H23NOS. The SMILES string of the molecule is CCSCCN(C)C(CCO)c1ccccc1. The maximum absolute atomic E-state index is 9.19. The smallest absolute Gasteiger partial charge is 0.0449 e. The van der Waals surface area contributed by atoms with Gasteiger partial charge in [0.25, 0.3) is 0 Å². The van der Waals surface area contributed by atoms with Gasteiger partial charge in [0.15, 0.2) is 0 Å². The predicted octanol–water partition coefficient (Wildman–Crippen LogP) is 2.80. The van der Waals surface area contributed by atoms with Crippen molar-refractivity contribution in [2.75, 3.05) is 31.7 Å². The van der Waals surface area contributed by atoms with Gasteiger partial charge >= 0.3 is 0 Å². The van der Waals surface area contributed by atoms with Gasteiger partial charge in [-0.2, -0.15) is 11.8 Å². The van der Waals surface area contributed by atoms with Crippen LogP contribution in [0.2, 0.25) is 0 Å². The van der Waals surface area contributed by atoms with E-state index in [1.807, 2.05) is 17.8 Å². The summed E-state index contributed by atoms with van der Waals surface area (Å²) in [5.41, 5.74) is 1.30. The zero-order valence-electron chi connectivity index (χ0n) is 10.8. The van der Waals surface area contributed by atoms with Crippen molar-refractivity contribution in [3.8, 4) is 0 Å². The average Bonchev–Trinajstić information content (AvgIpc) is 2.37. The zero-order chi connectivity index (χ0) is 12.5. The Morgan fingerprint density at radius 1 is 1.29 bits per heavy atom. The molecule has 0 aliphatic carbocycles. The topological polar surface area (TPSA) is 23.5 Å². The average molecular weight is 253 g/mol. The van der Waals surface area contributed by atoms with E-state index in [4.69, 9.17) is 0 Å². The van der Waals surface area contributed by atoms with Crippen molar-refractivity contribution in [1.29, 1.82) is 0 Å². The molecule has 1 aromatic carbocycles. The van der Waals surface area contributed by atoms with Crippen LogP contribution in [0, 0.1) is 0 Å². The molecule has 1 unspecified atom stereocenters. The van der Waals surface area contributed by atoms with Crippen molar-refractivity contribution in [1.82, 2.24) is 4.90 Å². The molecule has 0 fully saturated rings. The summed E-state index contributed by atoms with van der Waals surface area (Å²) in [6.45, 7) is 3.50. The molecule has 1 rings (SSSR count). The first-order valence-corrected chi connectivity index (χ1v) is 7.38. The van der Waals surface area contributed by atoms with Gasteiger partial charge in [0.1, 0.15) is 0 Å². The van der Waals surface area contributed by atoms with E-state index in [1.54, 1.807) is 0 Å². The standard InChI is InChI=1S/C14H23NOS/c1-3-17-12-10-15(2)14(9-11-16)13-7-5-4-6-8-13/h4-8,14,16H,3,9-12H2,1-2H3. The molecule has 3 heteroatoms. The number of hydrogen-bond donors (Lipinski definition) is 1. The van der Waals surface area contributed by atoms with Gasteiger partial charge in [0.05, 0.1) is 0 Å². The maximum Gasteiger partial charge on any atom is 0.0449 e. The normalized spacial score (nSPS) is 12.9. The Hall–Kier alpha value is -0.510. The number of hydrogen-bond acceptors (Lipinski definition) is 3. The van der Waals surface area contributed by atoms with E-state index in [1.165, 1.54) is 11.3 Å². The number of rotatable bonds is 8. The summed E-state index contributed by atoms with van der Waals surface area (Å²) >= 11 is 1.96. The highest BCUT2D eigenvalue weighted by Crippen LogP contribution is 2.22. The summed E-state index contributed by atoms with van der Waals surface area (Å²) in [4.78, 5) is 2.34.